The fourth-order valence-corrected chi connectivity index (χ4v) is 4.17. The van der Waals surface area contributed by atoms with Crippen molar-refractivity contribution in [1.82, 2.24) is 20.3 Å². The van der Waals surface area contributed by atoms with Crippen molar-refractivity contribution >= 4 is 39.1 Å². The summed E-state index contributed by atoms with van der Waals surface area (Å²) in [6.07, 6.45) is 3.30. The van der Waals surface area contributed by atoms with Gasteiger partial charge in [-0.05, 0) is 32.0 Å². The molecule has 0 atom stereocenters. The van der Waals surface area contributed by atoms with Crippen LogP contribution < -0.4 is 15.1 Å². The van der Waals surface area contributed by atoms with Crippen LogP contribution in [0.1, 0.15) is 22.2 Å². The van der Waals surface area contributed by atoms with Crippen LogP contribution >= 0.6 is 11.3 Å². The molecule has 3 aromatic rings. The lowest BCUT2D eigenvalue weighted by Gasteiger charge is -2.36. The van der Waals surface area contributed by atoms with E-state index >= 15 is 0 Å². The summed E-state index contributed by atoms with van der Waals surface area (Å²) in [4.78, 5) is 32.1. The number of amides is 1. The molecule has 27 heavy (non-hydrogen) atoms. The number of aromatic nitrogens is 3. The maximum atomic E-state index is 11.9. The Kier molecular flexibility index (Phi) is 4.89. The van der Waals surface area contributed by atoms with E-state index in [9.17, 15) is 4.79 Å². The second-order valence-corrected chi connectivity index (χ2v) is 7.75. The maximum absolute atomic E-state index is 11.9. The lowest BCUT2D eigenvalue weighted by Crippen LogP contribution is -2.47. The van der Waals surface area contributed by atoms with Gasteiger partial charge in [-0.3, -0.25) is 4.79 Å². The highest BCUT2D eigenvalue weighted by molar-refractivity contribution is 7.18. The van der Waals surface area contributed by atoms with Crippen molar-refractivity contribution in [3.63, 3.8) is 0 Å². The fraction of sp³-hybridized carbons (Fsp3) is 0.368. The van der Waals surface area contributed by atoms with E-state index in [2.05, 4.69) is 43.1 Å². The summed E-state index contributed by atoms with van der Waals surface area (Å²) < 4.78 is 0. The molecule has 7 nitrogen and oxygen atoms in total. The minimum atomic E-state index is -0.0831. The molecule has 1 amide bonds. The average Bonchev–Trinajstić information content (AvgIpc) is 3.08. The second kappa shape index (κ2) is 7.48. The molecular weight excluding hydrogens is 360 g/mol. The van der Waals surface area contributed by atoms with Crippen LogP contribution in [0.25, 0.3) is 10.2 Å². The smallest absolute Gasteiger partial charge is 0.252 e. The Bertz CT molecular complexity index is 946. The standard InChI is InChI=1S/C19H22N6OS/c1-3-20-18(26)14-4-5-16(21-11-14)24-6-8-25(9-7-24)17-15-10-13(2)27-19(15)23-12-22-17/h4-5,10-12H,3,6-9H2,1-2H3,(H,20,26). The molecule has 0 spiro atoms. The number of fused-ring (bicyclic) bond motifs is 1. The van der Waals surface area contributed by atoms with E-state index in [1.54, 1.807) is 23.9 Å². The second-order valence-electron chi connectivity index (χ2n) is 6.51. The monoisotopic (exact) mass is 382 g/mol. The van der Waals surface area contributed by atoms with Gasteiger partial charge >= 0.3 is 0 Å². The number of piperazine rings is 1. The van der Waals surface area contributed by atoms with E-state index in [1.165, 1.54) is 4.88 Å². The molecule has 1 fully saturated rings. The van der Waals surface area contributed by atoms with Gasteiger partial charge in [0, 0.05) is 43.8 Å². The Morgan fingerprint density at radius 1 is 1.15 bits per heavy atom. The highest BCUT2D eigenvalue weighted by atomic mass is 32.1. The zero-order valence-corrected chi connectivity index (χ0v) is 16.3. The molecule has 0 aromatic carbocycles. The highest BCUT2D eigenvalue weighted by Gasteiger charge is 2.21. The quantitative estimate of drug-likeness (QED) is 0.747. The molecule has 0 radical (unpaired) electrons. The Morgan fingerprint density at radius 3 is 2.63 bits per heavy atom. The van der Waals surface area contributed by atoms with Gasteiger partial charge in [0.25, 0.3) is 5.91 Å². The first-order chi connectivity index (χ1) is 13.2. The number of hydrogen-bond donors (Lipinski definition) is 1. The van der Waals surface area contributed by atoms with Crippen LogP contribution in [0.15, 0.2) is 30.7 Å². The van der Waals surface area contributed by atoms with E-state index in [1.807, 2.05) is 19.1 Å². The number of carbonyl (C=O) groups excluding carboxylic acids is 1. The van der Waals surface area contributed by atoms with E-state index < -0.39 is 0 Å². The van der Waals surface area contributed by atoms with E-state index in [0.717, 1.165) is 48.0 Å². The van der Waals surface area contributed by atoms with Gasteiger partial charge in [0.2, 0.25) is 0 Å². The minimum Gasteiger partial charge on any atom is -0.353 e. The number of anilines is 2. The highest BCUT2D eigenvalue weighted by Crippen LogP contribution is 2.30. The topological polar surface area (TPSA) is 74.2 Å². The summed E-state index contributed by atoms with van der Waals surface area (Å²) in [5.41, 5.74) is 0.593. The van der Waals surface area contributed by atoms with Crippen molar-refractivity contribution in [2.45, 2.75) is 13.8 Å². The lowest BCUT2D eigenvalue weighted by atomic mass is 10.2. The lowest BCUT2D eigenvalue weighted by molar-refractivity contribution is 0.0955. The number of nitrogens with one attached hydrogen (secondary N) is 1. The van der Waals surface area contributed by atoms with Gasteiger partial charge < -0.3 is 15.1 Å². The SMILES string of the molecule is CCNC(=O)c1ccc(N2CCN(c3ncnc4sc(C)cc34)CC2)nc1. The third-order valence-electron chi connectivity index (χ3n) is 4.68. The Labute approximate surface area is 162 Å². The first-order valence-corrected chi connectivity index (χ1v) is 9.92. The molecule has 3 aromatic heterocycles. The molecule has 0 unspecified atom stereocenters. The number of nitrogens with zero attached hydrogens (tertiary/aromatic N) is 5. The van der Waals surface area contributed by atoms with Crippen LogP contribution in [0, 0.1) is 6.92 Å². The van der Waals surface area contributed by atoms with Crippen LogP contribution in [-0.4, -0.2) is 53.6 Å². The number of rotatable bonds is 4. The first kappa shape index (κ1) is 17.7. The van der Waals surface area contributed by atoms with Crippen molar-refractivity contribution in [3.05, 3.63) is 41.2 Å². The van der Waals surface area contributed by atoms with E-state index in [4.69, 9.17) is 0 Å². The maximum Gasteiger partial charge on any atom is 0.252 e. The van der Waals surface area contributed by atoms with Gasteiger partial charge in [-0.25, -0.2) is 15.0 Å². The fourth-order valence-electron chi connectivity index (χ4n) is 3.33. The van der Waals surface area contributed by atoms with Gasteiger partial charge in [-0.15, -0.1) is 11.3 Å². The van der Waals surface area contributed by atoms with E-state index in [-0.39, 0.29) is 5.91 Å². The molecule has 4 rings (SSSR count). The zero-order chi connectivity index (χ0) is 18.8. The molecule has 140 valence electrons. The molecule has 0 aliphatic carbocycles. The Balaban J connectivity index is 1.45. The molecule has 1 aliphatic rings. The van der Waals surface area contributed by atoms with Crippen molar-refractivity contribution in [3.8, 4) is 0 Å². The van der Waals surface area contributed by atoms with Gasteiger partial charge in [0.15, 0.2) is 0 Å². The molecule has 1 saturated heterocycles. The van der Waals surface area contributed by atoms with Crippen LogP contribution in [-0.2, 0) is 0 Å². The number of aryl methyl sites for hydroxylation is 1. The first-order valence-electron chi connectivity index (χ1n) is 9.11. The largest absolute Gasteiger partial charge is 0.353 e. The van der Waals surface area contributed by atoms with Crippen molar-refractivity contribution in [2.24, 2.45) is 0 Å². The Morgan fingerprint density at radius 2 is 1.93 bits per heavy atom. The summed E-state index contributed by atoms with van der Waals surface area (Å²) in [5, 5.41) is 3.93. The van der Waals surface area contributed by atoms with Crippen LogP contribution in [0.4, 0.5) is 11.6 Å². The number of hydrogen-bond acceptors (Lipinski definition) is 7. The predicted octanol–water partition coefficient (Wildman–Crippen LogP) is 2.47. The van der Waals surface area contributed by atoms with Crippen molar-refractivity contribution < 1.29 is 4.79 Å². The predicted molar refractivity (Wildman–Crippen MR) is 109 cm³/mol. The minimum absolute atomic E-state index is 0.0831. The van der Waals surface area contributed by atoms with E-state index in [0.29, 0.717) is 12.1 Å². The number of thiophene rings is 1. The zero-order valence-electron chi connectivity index (χ0n) is 15.5. The summed E-state index contributed by atoms with van der Waals surface area (Å²) in [6.45, 7) is 8.10. The average molecular weight is 382 g/mol. The number of carbonyl (C=O) groups is 1. The summed E-state index contributed by atoms with van der Waals surface area (Å²) in [7, 11) is 0. The molecule has 1 aliphatic heterocycles. The van der Waals surface area contributed by atoms with Crippen molar-refractivity contribution in [2.75, 3.05) is 42.5 Å². The van der Waals surface area contributed by atoms with Crippen LogP contribution in [0.3, 0.4) is 0 Å². The van der Waals surface area contributed by atoms with Gasteiger partial charge in [0.05, 0.1) is 10.9 Å². The summed E-state index contributed by atoms with van der Waals surface area (Å²) in [6, 6.07) is 5.93. The normalized spacial score (nSPS) is 14.6. The molecule has 0 saturated carbocycles. The van der Waals surface area contributed by atoms with Gasteiger partial charge in [-0.2, -0.15) is 0 Å². The van der Waals surface area contributed by atoms with Crippen molar-refractivity contribution in [1.29, 1.82) is 0 Å². The molecule has 4 heterocycles. The third-order valence-corrected chi connectivity index (χ3v) is 5.64. The van der Waals surface area contributed by atoms with Crippen LogP contribution in [0.5, 0.6) is 0 Å². The molecule has 0 bridgehead atoms. The van der Waals surface area contributed by atoms with Gasteiger partial charge in [0.1, 0.15) is 22.8 Å². The Hall–Kier alpha value is -2.74. The number of pyridine rings is 1. The summed E-state index contributed by atoms with van der Waals surface area (Å²) >= 11 is 1.70. The molecule has 1 N–H and O–H groups in total. The summed E-state index contributed by atoms with van der Waals surface area (Å²) in [5.74, 6) is 1.84. The van der Waals surface area contributed by atoms with Gasteiger partial charge in [-0.1, -0.05) is 0 Å². The van der Waals surface area contributed by atoms with Crippen LogP contribution in [0.2, 0.25) is 0 Å². The molecular formula is C19H22N6OS. The third kappa shape index (κ3) is 3.57. The molecule has 8 heteroatoms.